The number of nitrogens with one attached hydrogen (secondary N) is 1. The second-order valence-electron chi connectivity index (χ2n) is 5.50. The van der Waals surface area contributed by atoms with Crippen molar-refractivity contribution in [3.8, 4) is 0 Å². The maximum Gasteiger partial charge on any atom is 0.0587 e. The van der Waals surface area contributed by atoms with Crippen molar-refractivity contribution >= 4 is 0 Å². The van der Waals surface area contributed by atoms with Crippen molar-refractivity contribution in [1.29, 1.82) is 0 Å². The zero-order valence-corrected chi connectivity index (χ0v) is 11.2. The molecular formula is C13H28N2O. The van der Waals surface area contributed by atoms with E-state index >= 15 is 0 Å². The average Bonchev–Trinajstić information content (AvgIpc) is 2.64. The Hall–Kier alpha value is -0.120. The van der Waals surface area contributed by atoms with Crippen LogP contribution in [0.2, 0.25) is 0 Å². The zero-order valence-electron chi connectivity index (χ0n) is 11.2. The molecule has 0 unspecified atom stereocenters. The molecule has 1 aliphatic rings. The van der Waals surface area contributed by atoms with Crippen molar-refractivity contribution in [2.45, 2.75) is 32.6 Å². The van der Waals surface area contributed by atoms with E-state index < -0.39 is 0 Å². The minimum atomic E-state index is 0.585. The SMILES string of the molecule is COCCNCCN(C)CC1(C)CCCC1. The molecule has 0 radical (unpaired) electrons. The monoisotopic (exact) mass is 228 g/mol. The van der Waals surface area contributed by atoms with Crippen LogP contribution in [0.4, 0.5) is 0 Å². The maximum atomic E-state index is 5.00. The summed E-state index contributed by atoms with van der Waals surface area (Å²) in [5.41, 5.74) is 0.585. The van der Waals surface area contributed by atoms with Crippen molar-refractivity contribution in [1.82, 2.24) is 10.2 Å². The Bertz CT molecular complexity index is 179. The topological polar surface area (TPSA) is 24.5 Å². The summed E-state index contributed by atoms with van der Waals surface area (Å²) in [4.78, 5) is 2.46. The molecule has 0 saturated heterocycles. The van der Waals surface area contributed by atoms with E-state index in [1.165, 1.54) is 32.2 Å². The first-order valence-electron chi connectivity index (χ1n) is 6.54. The first-order chi connectivity index (χ1) is 7.66. The number of ether oxygens (including phenoxy) is 1. The number of likely N-dealkylation sites (N-methyl/N-ethyl adjacent to an activating group) is 1. The molecule has 1 N–H and O–H groups in total. The third-order valence-electron chi connectivity index (χ3n) is 3.62. The summed E-state index contributed by atoms with van der Waals surface area (Å²) in [5, 5.41) is 3.39. The van der Waals surface area contributed by atoms with Crippen LogP contribution in [0.25, 0.3) is 0 Å². The molecule has 0 aromatic carbocycles. The Kier molecular flexibility index (Phi) is 6.32. The van der Waals surface area contributed by atoms with Gasteiger partial charge in [-0.1, -0.05) is 19.8 Å². The van der Waals surface area contributed by atoms with Crippen molar-refractivity contribution in [2.24, 2.45) is 5.41 Å². The molecule has 0 bridgehead atoms. The van der Waals surface area contributed by atoms with Gasteiger partial charge >= 0.3 is 0 Å². The average molecular weight is 228 g/mol. The van der Waals surface area contributed by atoms with E-state index in [-0.39, 0.29) is 0 Å². The molecule has 0 aromatic rings. The molecule has 0 amide bonds. The van der Waals surface area contributed by atoms with Gasteiger partial charge in [0.1, 0.15) is 0 Å². The summed E-state index contributed by atoms with van der Waals surface area (Å²) in [6.45, 7) is 7.66. The van der Waals surface area contributed by atoms with E-state index in [0.29, 0.717) is 5.41 Å². The Labute approximate surface area is 101 Å². The lowest BCUT2D eigenvalue weighted by atomic mass is 9.88. The van der Waals surface area contributed by atoms with Gasteiger partial charge in [0.2, 0.25) is 0 Å². The smallest absolute Gasteiger partial charge is 0.0587 e. The molecular weight excluding hydrogens is 200 g/mol. The molecule has 0 spiro atoms. The Morgan fingerprint density at radius 2 is 1.94 bits per heavy atom. The van der Waals surface area contributed by atoms with Gasteiger partial charge in [0.05, 0.1) is 6.61 Å². The third-order valence-corrected chi connectivity index (χ3v) is 3.62. The van der Waals surface area contributed by atoms with E-state index in [1.54, 1.807) is 7.11 Å². The van der Waals surface area contributed by atoms with Crippen molar-refractivity contribution in [3.05, 3.63) is 0 Å². The van der Waals surface area contributed by atoms with Gasteiger partial charge < -0.3 is 15.0 Å². The van der Waals surface area contributed by atoms with Crippen molar-refractivity contribution < 1.29 is 4.74 Å². The summed E-state index contributed by atoms with van der Waals surface area (Å²) < 4.78 is 5.00. The van der Waals surface area contributed by atoms with Crippen molar-refractivity contribution in [3.63, 3.8) is 0 Å². The van der Waals surface area contributed by atoms with Crippen LogP contribution in [0.15, 0.2) is 0 Å². The Morgan fingerprint density at radius 1 is 1.25 bits per heavy atom. The third kappa shape index (κ3) is 5.28. The van der Waals surface area contributed by atoms with Gasteiger partial charge in [0.15, 0.2) is 0 Å². The van der Waals surface area contributed by atoms with Crippen LogP contribution in [0.3, 0.4) is 0 Å². The predicted octanol–water partition coefficient (Wildman–Crippen LogP) is 1.73. The van der Waals surface area contributed by atoms with Gasteiger partial charge in [0, 0.05) is 33.3 Å². The molecule has 0 aliphatic heterocycles. The molecule has 1 aliphatic carbocycles. The van der Waals surface area contributed by atoms with Crippen LogP contribution in [0.1, 0.15) is 32.6 Å². The number of methoxy groups -OCH3 is 1. The quantitative estimate of drug-likeness (QED) is 0.640. The Balaban J connectivity index is 2.04. The highest BCUT2D eigenvalue weighted by Gasteiger charge is 2.29. The summed E-state index contributed by atoms with van der Waals surface area (Å²) >= 11 is 0. The minimum absolute atomic E-state index is 0.585. The first-order valence-corrected chi connectivity index (χ1v) is 6.54. The highest BCUT2D eigenvalue weighted by molar-refractivity contribution is 4.82. The zero-order chi connectivity index (χ0) is 11.9. The fourth-order valence-corrected chi connectivity index (χ4v) is 2.69. The molecule has 0 atom stereocenters. The van der Waals surface area contributed by atoms with Gasteiger partial charge in [-0.25, -0.2) is 0 Å². The number of hydrogen-bond acceptors (Lipinski definition) is 3. The molecule has 96 valence electrons. The molecule has 3 heteroatoms. The normalized spacial score (nSPS) is 19.5. The lowest BCUT2D eigenvalue weighted by molar-refractivity contribution is 0.185. The van der Waals surface area contributed by atoms with Crippen LogP contribution < -0.4 is 5.32 Å². The highest BCUT2D eigenvalue weighted by Crippen LogP contribution is 2.37. The lowest BCUT2D eigenvalue weighted by Gasteiger charge is -2.29. The number of hydrogen-bond donors (Lipinski definition) is 1. The molecule has 0 heterocycles. The summed E-state index contributed by atoms with van der Waals surface area (Å²) in [6, 6.07) is 0. The summed E-state index contributed by atoms with van der Waals surface area (Å²) in [7, 11) is 3.98. The first kappa shape index (κ1) is 13.9. The van der Waals surface area contributed by atoms with Gasteiger partial charge in [-0.3, -0.25) is 0 Å². The standard InChI is InChI=1S/C13H28N2O/c1-13(6-4-5-7-13)12-15(2)10-8-14-9-11-16-3/h14H,4-12H2,1-3H3. The largest absolute Gasteiger partial charge is 0.383 e. The van der Waals surface area contributed by atoms with Crippen LogP contribution in [-0.4, -0.2) is 51.8 Å². The van der Waals surface area contributed by atoms with E-state index in [2.05, 4.69) is 24.2 Å². The van der Waals surface area contributed by atoms with Gasteiger partial charge in [0.25, 0.3) is 0 Å². The van der Waals surface area contributed by atoms with Crippen LogP contribution in [0.5, 0.6) is 0 Å². The van der Waals surface area contributed by atoms with E-state index in [4.69, 9.17) is 4.74 Å². The van der Waals surface area contributed by atoms with Crippen molar-refractivity contribution in [2.75, 3.05) is 46.9 Å². The second kappa shape index (κ2) is 7.25. The Morgan fingerprint density at radius 3 is 2.56 bits per heavy atom. The maximum absolute atomic E-state index is 5.00. The molecule has 1 fully saturated rings. The molecule has 1 rings (SSSR count). The van der Waals surface area contributed by atoms with Gasteiger partial charge in [-0.15, -0.1) is 0 Å². The fraction of sp³-hybridized carbons (Fsp3) is 1.00. The van der Waals surface area contributed by atoms with E-state index in [9.17, 15) is 0 Å². The van der Waals surface area contributed by atoms with Gasteiger partial charge in [-0.05, 0) is 25.3 Å². The molecule has 0 aromatic heterocycles. The second-order valence-corrected chi connectivity index (χ2v) is 5.50. The molecule has 3 nitrogen and oxygen atoms in total. The number of nitrogens with zero attached hydrogens (tertiary/aromatic N) is 1. The van der Waals surface area contributed by atoms with Crippen LogP contribution >= 0.6 is 0 Å². The minimum Gasteiger partial charge on any atom is -0.383 e. The predicted molar refractivity (Wildman–Crippen MR) is 68.8 cm³/mol. The summed E-state index contributed by atoms with van der Waals surface area (Å²) in [5.74, 6) is 0. The number of rotatable bonds is 8. The van der Waals surface area contributed by atoms with Crippen LogP contribution in [-0.2, 0) is 4.74 Å². The van der Waals surface area contributed by atoms with Gasteiger partial charge in [-0.2, -0.15) is 0 Å². The molecule has 1 saturated carbocycles. The summed E-state index contributed by atoms with van der Waals surface area (Å²) in [6.07, 6.45) is 5.68. The lowest BCUT2D eigenvalue weighted by Crippen LogP contribution is -2.36. The fourth-order valence-electron chi connectivity index (χ4n) is 2.69. The van der Waals surface area contributed by atoms with E-state index in [1.807, 2.05) is 0 Å². The van der Waals surface area contributed by atoms with Crippen LogP contribution in [0, 0.1) is 5.41 Å². The molecule has 16 heavy (non-hydrogen) atoms. The van der Waals surface area contributed by atoms with E-state index in [0.717, 1.165) is 26.2 Å². The highest BCUT2D eigenvalue weighted by atomic mass is 16.5.